The van der Waals surface area contributed by atoms with Crippen LogP contribution in [0, 0.1) is 0 Å². The van der Waals surface area contributed by atoms with Gasteiger partial charge in [-0.3, -0.25) is 10.1 Å². The number of amides is 1. The van der Waals surface area contributed by atoms with Crippen molar-refractivity contribution in [3.05, 3.63) is 29.8 Å². The minimum Gasteiger partial charge on any atom is -0.491 e. The number of nitrogens with one attached hydrogen (secondary N) is 2. The summed E-state index contributed by atoms with van der Waals surface area (Å²) in [5.41, 5.74) is 0.855. The molecule has 1 fully saturated rings. The Hall–Kier alpha value is -2.04. The number of hydrogen-bond donors (Lipinski definition) is 2. The predicted molar refractivity (Wildman–Crippen MR) is 76.7 cm³/mol. The largest absolute Gasteiger partial charge is 0.491 e. The van der Waals surface area contributed by atoms with E-state index in [1.54, 1.807) is 0 Å². The van der Waals surface area contributed by atoms with Crippen LogP contribution < -0.4 is 15.4 Å². The van der Waals surface area contributed by atoms with Gasteiger partial charge in [0.15, 0.2) is 12.0 Å². The number of nitrogens with zero attached hydrogens (tertiary/aromatic N) is 1. The highest BCUT2D eigenvalue weighted by molar-refractivity contribution is 6.05. The molecule has 1 aliphatic heterocycles. The maximum Gasteiger partial charge on any atom is 0.256 e. The first-order valence-corrected chi connectivity index (χ1v) is 7.03. The summed E-state index contributed by atoms with van der Waals surface area (Å²) >= 11 is 0. The molecule has 0 bridgehead atoms. The normalized spacial score (nSPS) is 21.6. The molecular formula is C15H19N3O2. The molecule has 1 aromatic carbocycles. The predicted octanol–water partition coefficient (Wildman–Crippen LogP) is 1.75. The summed E-state index contributed by atoms with van der Waals surface area (Å²) in [6.45, 7) is 3.95. The maximum absolute atomic E-state index is 12.0. The highest BCUT2D eigenvalue weighted by Crippen LogP contribution is 2.26. The van der Waals surface area contributed by atoms with Crippen LogP contribution in [0.25, 0.3) is 0 Å². The smallest absolute Gasteiger partial charge is 0.256 e. The minimum atomic E-state index is -0.480. The van der Waals surface area contributed by atoms with Gasteiger partial charge in [-0.15, -0.1) is 0 Å². The van der Waals surface area contributed by atoms with Crippen LogP contribution in [0.5, 0.6) is 5.75 Å². The minimum absolute atomic E-state index is 0.0881. The SMILES string of the molecule is CC(C)Oc1cccc(C2N=C(NC3CC3)NC2=O)c1. The van der Waals surface area contributed by atoms with Gasteiger partial charge in [0.2, 0.25) is 0 Å². The third-order valence-corrected chi connectivity index (χ3v) is 3.21. The molecule has 5 heteroatoms. The topological polar surface area (TPSA) is 62.7 Å². The fourth-order valence-corrected chi connectivity index (χ4v) is 2.16. The number of benzene rings is 1. The molecule has 1 heterocycles. The summed E-state index contributed by atoms with van der Waals surface area (Å²) in [5, 5.41) is 6.01. The summed E-state index contributed by atoms with van der Waals surface area (Å²) in [5.74, 6) is 1.27. The summed E-state index contributed by atoms with van der Waals surface area (Å²) in [6.07, 6.45) is 2.41. The Bertz CT molecular complexity index is 550. The molecule has 0 radical (unpaired) electrons. The summed E-state index contributed by atoms with van der Waals surface area (Å²) < 4.78 is 5.66. The Balaban J connectivity index is 1.77. The van der Waals surface area contributed by atoms with Crippen LogP contribution in [0.1, 0.15) is 38.3 Å². The molecule has 1 unspecified atom stereocenters. The number of carbonyl (C=O) groups is 1. The van der Waals surface area contributed by atoms with E-state index in [1.807, 2.05) is 38.1 Å². The molecule has 106 valence electrons. The van der Waals surface area contributed by atoms with E-state index in [0.29, 0.717) is 12.0 Å². The zero-order valence-electron chi connectivity index (χ0n) is 11.7. The van der Waals surface area contributed by atoms with E-state index < -0.39 is 6.04 Å². The molecule has 1 aliphatic carbocycles. The highest BCUT2D eigenvalue weighted by Gasteiger charge is 2.31. The van der Waals surface area contributed by atoms with E-state index in [9.17, 15) is 4.79 Å². The Kier molecular flexibility index (Phi) is 3.34. The van der Waals surface area contributed by atoms with Crippen molar-refractivity contribution in [2.75, 3.05) is 0 Å². The van der Waals surface area contributed by atoms with Crippen LogP contribution in [0.2, 0.25) is 0 Å². The number of carbonyl (C=O) groups excluding carboxylic acids is 1. The van der Waals surface area contributed by atoms with Crippen molar-refractivity contribution < 1.29 is 9.53 Å². The molecule has 2 aliphatic rings. The second-order valence-electron chi connectivity index (χ2n) is 5.53. The van der Waals surface area contributed by atoms with Gasteiger partial charge in [0.25, 0.3) is 5.91 Å². The van der Waals surface area contributed by atoms with Crippen LogP contribution in [0.4, 0.5) is 0 Å². The van der Waals surface area contributed by atoms with E-state index >= 15 is 0 Å². The Morgan fingerprint density at radius 2 is 2.20 bits per heavy atom. The quantitative estimate of drug-likeness (QED) is 0.878. The van der Waals surface area contributed by atoms with Crippen molar-refractivity contribution in [2.24, 2.45) is 4.99 Å². The number of hydrogen-bond acceptors (Lipinski definition) is 4. The van der Waals surface area contributed by atoms with E-state index in [4.69, 9.17) is 4.74 Å². The van der Waals surface area contributed by atoms with Crippen molar-refractivity contribution in [3.63, 3.8) is 0 Å². The molecule has 2 N–H and O–H groups in total. The van der Waals surface area contributed by atoms with E-state index in [2.05, 4.69) is 15.6 Å². The van der Waals surface area contributed by atoms with Gasteiger partial charge in [0.1, 0.15) is 5.75 Å². The zero-order chi connectivity index (χ0) is 14.1. The van der Waals surface area contributed by atoms with Crippen molar-refractivity contribution >= 4 is 11.9 Å². The third kappa shape index (κ3) is 2.92. The molecule has 3 rings (SSSR count). The molecule has 0 spiro atoms. The fraction of sp³-hybridized carbons (Fsp3) is 0.467. The van der Waals surface area contributed by atoms with Gasteiger partial charge in [-0.05, 0) is 44.4 Å². The second kappa shape index (κ2) is 5.15. The van der Waals surface area contributed by atoms with Gasteiger partial charge in [0, 0.05) is 6.04 Å². The number of ether oxygens (including phenoxy) is 1. The van der Waals surface area contributed by atoms with Crippen molar-refractivity contribution in [1.82, 2.24) is 10.6 Å². The molecule has 5 nitrogen and oxygen atoms in total. The lowest BCUT2D eigenvalue weighted by Crippen LogP contribution is -2.37. The standard InChI is InChI=1S/C15H19N3O2/c1-9(2)20-12-5-3-4-10(8-12)13-14(19)18-15(17-13)16-11-6-7-11/h3-5,8-9,11,13H,6-7H2,1-2H3,(H2,16,17,18,19). The fourth-order valence-electron chi connectivity index (χ4n) is 2.16. The van der Waals surface area contributed by atoms with Crippen LogP contribution in [0.15, 0.2) is 29.3 Å². The van der Waals surface area contributed by atoms with Gasteiger partial charge in [-0.1, -0.05) is 12.1 Å². The van der Waals surface area contributed by atoms with Gasteiger partial charge in [0.05, 0.1) is 6.10 Å². The lowest BCUT2D eigenvalue weighted by atomic mass is 10.1. The monoisotopic (exact) mass is 273 g/mol. The van der Waals surface area contributed by atoms with Crippen LogP contribution in [0.3, 0.4) is 0 Å². The molecule has 1 saturated carbocycles. The number of aliphatic imine (C=N–C) groups is 1. The molecular weight excluding hydrogens is 254 g/mol. The second-order valence-corrected chi connectivity index (χ2v) is 5.53. The Labute approximate surface area is 118 Å². The molecule has 20 heavy (non-hydrogen) atoms. The van der Waals surface area contributed by atoms with Crippen molar-refractivity contribution in [3.8, 4) is 5.75 Å². The number of rotatable bonds is 4. The first kappa shape index (κ1) is 13.0. The van der Waals surface area contributed by atoms with Gasteiger partial charge >= 0.3 is 0 Å². The molecule has 0 saturated heterocycles. The summed E-state index contributed by atoms with van der Waals surface area (Å²) in [7, 11) is 0. The van der Waals surface area contributed by atoms with Gasteiger partial charge in [-0.2, -0.15) is 0 Å². The molecule has 1 aromatic rings. The zero-order valence-corrected chi connectivity index (χ0v) is 11.7. The van der Waals surface area contributed by atoms with E-state index in [-0.39, 0.29) is 12.0 Å². The van der Waals surface area contributed by atoms with E-state index in [0.717, 1.165) is 24.2 Å². The van der Waals surface area contributed by atoms with Crippen LogP contribution >= 0.6 is 0 Å². The first-order chi connectivity index (χ1) is 9.61. The van der Waals surface area contributed by atoms with Crippen LogP contribution in [-0.2, 0) is 4.79 Å². The summed E-state index contributed by atoms with van der Waals surface area (Å²) in [4.78, 5) is 16.4. The van der Waals surface area contributed by atoms with Crippen molar-refractivity contribution in [1.29, 1.82) is 0 Å². The van der Waals surface area contributed by atoms with Crippen molar-refractivity contribution in [2.45, 2.75) is 44.9 Å². The molecule has 1 amide bonds. The number of guanidine groups is 1. The molecule has 1 atom stereocenters. The Morgan fingerprint density at radius 1 is 1.40 bits per heavy atom. The van der Waals surface area contributed by atoms with E-state index in [1.165, 1.54) is 0 Å². The maximum atomic E-state index is 12.0. The summed E-state index contributed by atoms with van der Waals surface area (Å²) in [6, 6.07) is 7.57. The van der Waals surface area contributed by atoms with Gasteiger partial charge < -0.3 is 10.1 Å². The molecule has 0 aromatic heterocycles. The third-order valence-electron chi connectivity index (χ3n) is 3.21. The highest BCUT2D eigenvalue weighted by atomic mass is 16.5. The van der Waals surface area contributed by atoms with Gasteiger partial charge in [-0.25, -0.2) is 4.99 Å². The van der Waals surface area contributed by atoms with Crippen LogP contribution in [-0.4, -0.2) is 24.0 Å². The average Bonchev–Trinajstić information content (AvgIpc) is 3.11. The first-order valence-electron chi connectivity index (χ1n) is 7.03. The average molecular weight is 273 g/mol. The Morgan fingerprint density at radius 3 is 2.90 bits per heavy atom. The lowest BCUT2D eigenvalue weighted by Gasteiger charge is -2.11. The lowest BCUT2D eigenvalue weighted by molar-refractivity contribution is -0.120.